The summed E-state index contributed by atoms with van der Waals surface area (Å²) in [5.74, 6) is 1.14. The van der Waals surface area contributed by atoms with E-state index in [0.29, 0.717) is 23.3 Å². The Morgan fingerprint density at radius 3 is 1.93 bits per heavy atom. The average Bonchev–Trinajstić information content (AvgIpc) is 3.31. The zero-order valence-electron chi connectivity index (χ0n) is 26.2. The number of rotatable bonds is 6. The zero-order chi connectivity index (χ0) is 29.5. The highest BCUT2D eigenvalue weighted by molar-refractivity contribution is 5.80. The van der Waals surface area contributed by atoms with E-state index >= 15 is 0 Å². The van der Waals surface area contributed by atoms with Gasteiger partial charge in [0.05, 0.1) is 0 Å². The molecule has 0 aromatic heterocycles. The molecule has 4 heteroatoms. The molecule has 0 unspecified atom stereocenters. The molecule has 0 heterocycles. The van der Waals surface area contributed by atoms with Gasteiger partial charge in [0.2, 0.25) is 0 Å². The first-order valence-corrected chi connectivity index (χ1v) is 16.1. The lowest BCUT2D eigenvalue weighted by atomic mass is 9.71. The second-order valence-corrected chi connectivity index (χ2v) is 14.4. The summed E-state index contributed by atoms with van der Waals surface area (Å²) in [7, 11) is 1.91. The lowest BCUT2D eigenvalue weighted by Gasteiger charge is -2.44. The molecular weight excluding hydrogens is 516 g/mol. The Morgan fingerprint density at radius 2 is 1.36 bits per heavy atom. The first-order chi connectivity index (χ1) is 20.1. The third kappa shape index (κ3) is 5.70. The molecule has 1 N–H and O–H groups in total. The molecule has 42 heavy (non-hydrogen) atoms. The van der Waals surface area contributed by atoms with Crippen LogP contribution in [0.25, 0.3) is 11.1 Å². The molecule has 1 amide bonds. The molecule has 3 aromatic carbocycles. The summed E-state index contributed by atoms with van der Waals surface area (Å²) in [6.07, 6.45) is 9.06. The zero-order valence-corrected chi connectivity index (χ0v) is 26.2. The number of nitrogens with one attached hydrogen (secondary N) is 1. The molecule has 0 aliphatic heterocycles. The lowest BCUT2D eigenvalue weighted by Crippen LogP contribution is -2.52. The Balaban J connectivity index is 1.03. The van der Waals surface area contributed by atoms with Gasteiger partial charge in [-0.2, -0.15) is 0 Å². The molecule has 0 bridgehead atoms. The van der Waals surface area contributed by atoms with Gasteiger partial charge in [-0.1, -0.05) is 74.5 Å². The largest absolute Gasteiger partial charge is 0.436 e. The number of ether oxygens (including phenoxy) is 1. The molecule has 0 radical (unpaired) electrons. The SMILES string of the molecule is CN(C(=O)OC1c2ccccc2-c2ccccc21)C(C)(C)C1CCC(Nc2ccc(C3CCC(C)(C)CC3)cc2)CC1. The molecular formula is C38H48N2O2. The fourth-order valence-electron chi connectivity index (χ4n) is 7.69. The van der Waals surface area contributed by atoms with E-state index in [1.807, 2.05) is 36.2 Å². The number of amides is 1. The summed E-state index contributed by atoms with van der Waals surface area (Å²) in [5.41, 5.74) is 7.40. The van der Waals surface area contributed by atoms with Crippen LogP contribution in [0.2, 0.25) is 0 Å². The van der Waals surface area contributed by atoms with Gasteiger partial charge in [-0.3, -0.25) is 0 Å². The molecule has 0 atom stereocenters. The van der Waals surface area contributed by atoms with Crippen molar-refractivity contribution in [2.75, 3.05) is 12.4 Å². The van der Waals surface area contributed by atoms with Crippen molar-refractivity contribution in [2.45, 2.75) is 103 Å². The van der Waals surface area contributed by atoms with Crippen molar-refractivity contribution in [3.63, 3.8) is 0 Å². The van der Waals surface area contributed by atoms with Crippen LogP contribution >= 0.6 is 0 Å². The fraction of sp³-hybridized carbons (Fsp3) is 0.500. The van der Waals surface area contributed by atoms with E-state index in [1.165, 1.54) is 36.9 Å². The van der Waals surface area contributed by atoms with Crippen LogP contribution in [-0.4, -0.2) is 29.6 Å². The van der Waals surface area contributed by atoms with Crippen LogP contribution < -0.4 is 5.32 Å². The Labute approximate surface area is 252 Å². The van der Waals surface area contributed by atoms with E-state index in [0.717, 1.165) is 47.9 Å². The lowest BCUT2D eigenvalue weighted by molar-refractivity contribution is 0.0276. The first-order valence-electron chi connectivity index (χ1n) is 16.1. The molecule has 0 spiro atoms. The molecule has 2 fully saturated rings. The molecule has 4 nitrogen and oxygen atoms in total. The first kappa shape index (κ1) is 28.8. The van der Waals surface area contributed by atoms with E-state index in [2.05, 4.69) is 81.5 Å². The molecule has 0 saturated heterocycles. The van der Waals surface area contributed by atoms with Crippen molar-refractivity contribution in [3.05, 3.63) is 89.5 Å². The Hall–Kier alpha value is -3.27. The number of carbonyl (C=O) groups is 1. The van der Waals surface area contributed by atoms with Crippen molar-refractivity contribution >= 4 is 11.8 Å². The van der Waals surface area contributed by atoms with Gasteiger partial charge >= 0.3 is 6.09 Å². The molecule has 3 aliphatic carbocycles. The van der Waals surface area contributed by atoms with E-state index in [1.54, 1.807) is 0 Å². The van der Waals surface area contributed by atoms with Gasteiger partial charge in [0.1, 0.15) is 0 Å². The third-order valence-corrected chi connectivity index (χ3v) is 11.0. The number of benzene rings is 3. The van der Waals surface area contributed by atoms with Crippen molar-refractivity contribution in [2.24, 2.45) is 11.3 Å². The van der Waals surface area contributed by atoms with Gasteiger partial charge in [0, 0.05) is 35.4 Å². The quantitative estimate of drug-likeness (QED) is 0.324. The standard InChI is InChI=1S/C38H48N2O2/c1-37(2)24-22-27(23-25-37)26-14-18-29(19-15-26)39-30-20-16-28(17-21-30)38(3,4)40(5)36(41)42-35-33-12-8-6-10-31(33)32-11-7-9-13-34(32)35/h6-15,18-19,27-28,30,35,39H,16-17,20-25H2,1-5H3. The molecule has 222 valence electrons. The van der Waals surface area contributed by atoms with Gasteiger partial charge < -0.3 is 15.0 Å². The van der Waals surface area contributed by atoms with E-state index in [4.69, 9.17) is 4.74 Å². The summed E-state index contributed by atoms with van der Waals surface area (Å²) < 4.78 is 6.24. The Kier molecular flexibility index (Phi) is 7.85. The Bertz CT molecular complexity index is 1350. The predicted octanol–water partition coefficient (Wildman–Crippen LogP) is 9.96. The van der Waals surface area contributed by atoms with E-state index in [9.17, 15) is 4.79 Å². The second kappa shape index (κ2) is 11.4. The van der Waals surface area contributed by atoms with Gasteiger partial charge in [0.25, 0.3) is 0 Å². The molecule has 3 aromatic rings. The number of fused-ring (bicyclic) bond motifs is 3. The fourth-order valence-corrected chi connectivity index (χ4v) is 7.69. The van der Waals surface area contributed by atoms with Crippen LogP contribution in [0.3, 0.4) is 0 Å². The molecule has 3 aliphatic rings. The number of carbonyl (C=O) groups excluding carboxylic acids is 1. The van der Waals surface area contributed by atoms with E-state index < -0.39 is 0 Å². The van der Waals surface area contributed by atoms with Gasteiger partial charge in [0.15, 0.2) is 6.10 Å². The normalized spacial score (nSPS) is 22.2. The summed E-state index contributed by atoms with van der Waals surface area (Å²) >= 11 is 0. The van der Waals surface area contributed by atoms with Gasteiger partial charge in [-0.15, -0.1) is 0 Å². The van der Waals surface area contributed by atoms with Crippen LogP contribution in [0.4, 0.5) is 10.5 Å². The maximum Gasteiger partial charge on any atom is 0.410 e. The van der Waals surface area contributed by atoms with Crippen LogP contribution in [0.5, 0.6) is 0 Å². The minimum Gasteiger partial charge on any atom is -0.436 e. The van der Waals surface area contributed by atoms with Crippen LogP contribution in [0, 0.1) is 11.3 Å². The van der Waals surface area contributed by atoms with Crippen molar-refractivity contribution in [1.82, 2.24) is 4.90 Å². The number of nitrogens with zero attached hydrogens (tertiary/aromatic N) is 1. The summed E-state index contributed by atoms with van der Waals surface area (Å²) in [4.78, 5) is 15.4. The van der Waals surface area contributed by atoms with Crippen LogP contribution in [0.15, 0.2) is 72.8 Å². The highest BCUT2D eigenvalue weighted by Crippen LogP contribution is 2.46. The molecule has 6 rings (SSSR count). The van der Waals surface area contributed by atoms with E-state index in [-0.39, 0.29) is 17.7 Å². The maximum atomic E-state index is 13.6. The van der Waals surface area contributed by atoms with Crippen molar-refractivity contribution in [1.29, 1.82) is 0 Å². The van der Waals surface area contributed by atoms with Gasteiger partial charge in [-0.05, 0) is 111 Å². The highest BCUT2D eigenvalue weighted by atomic mass is 16.6. The maximum absolute atomic E-state index is 13.6. The number of hydrogen-bond acceptors (Lipinski definition) is 3. The Morgan fingerprint density at radius 1 is 0.810 bits per heavy atom. The summed E-state index contributed by atoms with van der Waals surface area (Å²) in [6, 6.07) is 26.3. The summed E-state index contributed by atoms with van der Waals surface area (Å²) in [6.45, 7) is 9.22. The summed E-state index contributed by atoms with van der Waals surface area (Å²) in [5, 5.41) is 3.81. The minimum absolute atomic E-state index is 0.252. The predicted molar refractivity (Wildman–Crippen MR) is 173 cm³/mol. The third-order valence-electron chi connectivity index (χ3n) is 11.0. The van der Waals surface area contributed by atoms with Gasteiger partial charge in [-0.25, -0.2) is 4.79 Å². The minimum atomic E-state index is -0.362. The van der Waals surface area contributed by atoms with Crippen LogP contribution in [0.1, 0.15) is 108 Å². The average molecular weight is 565 g/mol. The monoisotopic (exact) mass is 564 g/mol. The van der Waals surface area contributed by atoms with Crippen molar-refractivity contribution < 1.29 is 9.53 Å². The topological polar surface area (TPSA) is 41.6 Å². The second-order valence-electron chi connectivity index (χ2n) is 14.4. The molecule has 2 saturated carbocycles. The number of anilines is 1. The van der Waals surface area contributed by atoms with Crippen molar-refractivity contribution in [3.8, 4) is 11.1 Å². The number of hydrogen-bond donors (Lipinski definition) is 1. The van der Waals surface area contributed by atoms with Crippen LogP contribution in [-0.2, 0) is 4.74 Å². The highest BCUT2D eigenvalue weighted by Gasteiger charge is 2.41. The smallest absolute Gasteiger partial charge is 0.410 e.